The van der Waals surface area contributed by atoms with Crippen molar-refractivity contribution in [2.75, 3.05) is 31.5 Å². The third kappa shape index (κ3) is 3.92. The second kappa shape index (κ2) is 8.71. The molecule has 1 aliphatic heterocycles. The quantitative estimate of drug-likeness (QED) is 0.338. The molecule has 3 aliphatic carbocycles. The summed E-state index contributed by atoms with van der Waals surface area (Å²) in [7, 11) is 0. The average molecular weight is 457 g/mol. The number of carbonyl (C=O) groups is 3. The molecule has 2 heterocycles. The van der Waals surface area contributed by atoms with Crippen LogP contribution in [0.15, 0.2) is 17.5 Å². The highest BCUT2D eigenvalue weighted by Crippen LogP contribution is 2.72. The fourth-order valence-electron chi connectivity index (χ4n) is 6.19. The SMILES string of the molecule is CC(=O)c1csc(NC(=O)[C@H]2[C@H](C(=O)NCCCCN3CCCC3)[C@H]3C=C[C@H]2C32CC2)n1. The Morgan fingerprint density at radius 1 is 1.09 bits per heavy atom. The first-order chi connectivity index (χ1) is 15.5. The number of amides is 2. The summed E-state index contributed by atoms with van der Waals surface area (Å²) in [5.41, 5.74) is 0.465. The first-order valence-electron chi connectivity index (χ1n) is 12.0. The molecule has 0 aromatic carbocycles. The standard InChI is InChI=1S/C24H32N4O3S/c1-15(29)18-14-32-23(26-18)27-22(31)20-17-7-6-16(24(17)8-9-24)19(20)21(30)25-10-2-3-11-28-12-4-5-13-28/h6-7,14,16-17,19-20H,2-5,8-13H2,1H3,(H,25,30)(H,26,27,31)/t16-,17-,19-,20-/m1/s1. The van der Waals surface area contributed by atoms with Crippen molar-refractivity contribution in [3.8, 4) is 0 Å². The van der Waals surface area contributed by atoms with Gasteiger partial charge in [-0.05, 0) is 75.4 Å². The number of aromatic nitrogens is 1. The van der Waals surface area contributed by atoms with E-state index in [1.54, 1.807) is 5.38 Å². The minimum atomic E-state index is -0.373. The van der Waals surface area contributed by atoms with Crippen LogP contribution in [-0.4, -0.2) is 53.7 Å². The summed E-state index contributed by atoms with van der Waals surface area (Å²) in [5.74, 6) is -0.684. The Bertz CT molecular complexity index is 931. The molecule has 4 atom stereocenters. The van der Waals surface area contributed by atoms with Gasteiger partial charge in [0, 0.05) is 18.8 Å². The summed E-state index contributed by atoms with van der Waals surface area (Å²) in [5, 5.41) is 8.13. The van der Waals surface area contributed by atoms with Gasteiger partial charge in [0.25, 0.3) is 0 Å². The minimum absolute atomic E-state index is 0.0120. The zero-order valence-corrected chi connectivity index (χ0v) is 19.5. The highest BCUT2D eigenvalue weighted by atomic mass is 32.1. The molecule has 4 aliphatic rings. The van der Waals surface area contributed by atoms with Crippen LogP contribution >= 0.6 is 11.3 Å². The van der Waals surface area contributed by atoms with Crippen LogP contribution in [0.4, 0.5) is 5.13 Å². The summed E-state index contributed by atoms with van der Waals surface area (Å²) in [6.07, 6.45) is 11.2. The Balaban J connectivity index is 1.21. The molecule has 1 aromatic heterocycles. The van der Waals surface area contributed by atoms with Crippen LogP contribution in [0.5, 0.6) is 0 Å². The molecule has 0 radical (unpaired) electrons. The van der Waals surface area contributed by atoms with Crippen LogP contribution in [-0.2, 0) is 9.59 Å². The maximum Gasteiger partial charge on any atom is 0.230 e. The lowest BCUT2D eigenvalue weighted by Crippen LogP contribution is -2.42. The molecule has 1 saturated heterocycles. The maximum atomic E-state index is 13.3. The van der Waals surface area contributed by atoms with Crippen molar-refractivity contribution in [1.29, 1.82) is 0 Å². The van der Waals surface area contributed by atoms with Crippen molar-refractivity contribution in [2.45, 2.75) is 45.4 Å². The van der Waals surface area contributed by atoms with Crippen molar-refractivity contribution in [3.05, 3.63) is 23.2 Å². The van der Waals surface area contributed by atoms with Gasteiger partial charge in [0.1, 0.15) is 5.69 Å². The number of unbranched alkanes of at least 4 members (excludes halogenated alkanes) is 1. The van der Waals surface area contributed by atoms with Gasteiger partial charge in [-0.25, -0.2) is 4.98 Å². The van der Waals surface area contributed by atoms with Crippen molar-refractivity contribution < 1.29 is 14.4 Å². The molecule has 2 saturated carbocycles. The maximum absolute atomic E-state index is 13.3. The second-order valence-electron chi connectivity index (χ2n) is 9.85. The van der Waals surface area contributed by atoms with Gasteiger partial charge in [-0.15, -0.1) is 11.3 Å². The molecule has 7 nitrogen and oxygen atoms in total. The van der Waals surface area contributed by atoms with Crippen LogP contribution in [0.25, 0.3) is 0 Å². The smallest absolute Gasteiger partial charge is 0.230 e. The number of thiazole rings is 1. The fraction of sp³-hybridized carbons (Fsp3) is 0.667. The number of hydrogen-bond acceptors (Lipinski definition) is 6. The van der Waals surface area contributed by atoms with Gasteiger partial charge in [-0.2, -0.15) is 0 Å². The number of nitrogens with one attached hydrogen (secondary N) is 2. The molecule has 2 amide bonds. The lowest BCUT2D eigenvalue weighted by Gasteiger charge is -2.26. The molecule has 32 heavy (non-hydrogen) atoms. The van der Waals surface area contributed by atoms with E-state index in [0.717, 1.165) is 32.2 Å². The summed E-state index contributed by atoms with van der Waals surface area (Å²) in [6, 6.07) is 0. The summed E-state index contributed by atoms with van der Waals surface area (Å²) in [4.78, 5) is 44.8. The van der Waals surface area contributed by atoms with Crippen LogP contribution in [0, 0.1) is 29.1 Å². The molecule has 1 aromatic rings. The van der Waals surface area contributed by atoms with E-state index in [-0.39, 0.29) is 46.7 Å². The van der Waals surface area contributed by atoms with Gasteiger partial charge in [-0.3, -0.25) is 14.4 Å². The summed E-state index contributed by atoms with van der Waals surface area (Å²) >= 11 is 1.25. The number of nitrogens with zero attached hydrogens (tertiary/aromatic N) is 2. The van der Waals surface area contributed by atoms with E-state index in [1.807, 2.05) is 0 Å². The number of hydrogen-bond donors (Lipinski definition) is 2. The lowest BCUT2D eigenvalue weighted by atomic mass is 9.81. The van der Waals surface area contributed by atoms with Gasteiger partial charge in [-0.1, -0.05) is 12.2 Å². The lowest BCUT2D eigenvalue weighted by molar-refractivity contribution is -0.132. The van der Waals surface area contributed by atoms with Crippen molar-refractivity contribution in [1.82, 2.24) is 15.2 Å². The molecule has 3 fully saturated rings. The predicted octanol–water partition coefficient (Wildman–Crippen LogP) is 3.10. The number of anilines is 1. The molecule has 2 N–H and O–H groups in total. The van der Waals surface area contributed by atoms with Crippen molar-refractivity contribution in [3.63, 3.8) is 0 Å². The van der Waals surface area contributed by atoms with Gasteiger partial charge in [0.15, 0.2) is 10.9 Å². The molecule has 5 rings (SSSR count). The highest BCUT2D eigenvalue weighted by Gasteiger charge is 2.69. The third-order valence-electron chi connectivity index (χ3n) is 7.94. The van der Waals surface area contributed by atoms with Crippen LogP contribution in [0.1, 0.15) is 55.9 Å². The van der Waals surface area contributed by atoms with E-state index in [1.165, 1.54) is 44.2 Å². The minimum Gasteiger partial charge on any atom is -0.356 e. The van der Waals surface area contributed by atoms with Crippen LogP contribution in [0.3, 0.4) is 0 Å². The monoisotopic (exact) mass is 456 g/mol. The zero-order chi connectivity index (χ0) is 22.3. The molecule has 2 bridgehead atoms. The topological polar surface area (TPSA) is 91.4 Å². The Morgan fingerprint density at radius 3 is 2.41 bits per heavy atom. The third-order valence-corrected chi connectivity index (χ3v) is 8.70. The molecular weight excluding hydrogens is 424 g/mol. The molecule has 0 unspecified atom stereocenters. The molecule has 172 valence electrons. The normalized spacial score (nSPS) is 29.5. The average Bonchev–Trinajstić information content (AvgIpc) is 3.11. The van der Waals surface area contributed by atoms with Crippen molar-refractivity contribution in [2.24, 2.45) is 29.1 Å². The van der Waals surface area contributed by atoms with E-state index >= 15 is 0 Å². The van der Waals surface area contributed by atoms with Gasteiger partial charge in [0.2, 0.25) is 11.8 Å². The fourth-order valence-corrected chi connectivity index (χ4v) is 6.94. The van der Waals surface area contributed by atoms with Crippen LogP contribution in [0.2, 0.25) is 0 Å². The number of allylic oxidation sites excluding steroid dienone is 2. The number of rotatable bonds is 9. The first-order valence-corrected chi connectivity index (χ1v) is 12.8. The summed E-state index contributed by atoms with van der Waals surface area (Å²) < 4.78 is 0. The highest BCUT2D eigenvalue weighted by molar-refractivity contribution is 7.14. The van der Waals surface area contributed by atoms with E-state index in [2.05, 4.69) is 32.7 Å². The summed E-state index contributed by atoms with van der Waals surface area (Å²) in [6.45, 7) is 5.65. The van der Waals surface area contributed by atoms with E-state index in [4.69, 9.17) is 0 Å². The predicted molar refractivity (Wildman–Crippen MR) is 123 cm³/mol. The van der Waals surface area contributed by atoms with Gasteiger partial charge >= 0.3 is 0 Å². The number of Topliss-reactive ketones (excluding diaryl/α,β-unsaturated/α-hetero) is 1. The first kappa shape index (κ1) is 21.8. The zero-order valence-electron chi connectivity index (χ0n) is 18.6. The van der Waals surface area contributed by atoms with Crippen molar-refractivity contribution >= 4 is 34.1 Å². The number of carbonyl (C=O) groups excluding carboxylic acids is 3. The molecule has 8 heteroatoms. The van der Waals surface area contributed by atoms with Crippen LogP contribution < -0.4 is 10.6 Å². The number of likely N-dealkylation sites (tertiary alicyclic amines) is 1. The van der Waals surface area contributed by atoms with E-state index in [0.29, 0.717) is 17.4 Å². The largest absolute Gasteiger partial charge is 0.356 e. The van der Waals surface area contributed by atoms with Gasteiger partial charge < -0.3 is 15.5 Å². The second-order valence-corrected chi connectivity index (χ2v) is 10.7. The van der Waals surface area contributed by atoms with E-state index in [9.17, 15) is 14.4 Å². The molecular formula is C24H32N4O3S. The van der Waals surface area contributed by atoms with Gasteiger partial charge in [0.05, 0.1) is 11.8 Å². The Morgan fingerprint density at radius 2 is 1.78 bits per heavy atom. The molecule has 1 spiro atoms. The number of ketones is 1. The Kier molecular flexibility index (Phi) is 5.92. The Labute approximate surface area is 193 Å². The Hall–Kier alpha value is -2.06. The van der Waals surface area contributed by atoms with E-state index < -0.39 is 0 Å².